The highest BCUT2D eigenvalue weighted by molar-refractivity contribution is 5.82. The van der Waals surface area contributed by atoms with Crippen LogP contribution in [0.3, 0.4) is 0 Å². The molecule has 0 spiro atoms. The molecule has 24 heavy (non-hydrogen) atoms. The molecule has 0 aliphatic heterocycles. The second kappa shape index (κ2) is 15.5. The molecule has 0 saturated heterocycles. The van der Waals surface area contributed by atoms with Crippen LogP contribution in [0.15, 0.2) is 24.3 Å². The highest BCUT2D eigenvalue weighted by atomic mass is 16.5. The van der Waals surface area contributed by atoms with E-state index in [4.69, 9.17) is 4.74 Å². The van der Waals surface area contributed by atoms with Crippen molar-refractivity contribution in [3.8, 4) is 0 Å². The summed E-state index contributed by atoms with van der Waals surface area (Å²) in [5, 5.41) is 0. The normalized spacial score (nSPS) is 14.7. The van der Waals surface area contributed by atoms with Gasteiger partial charge in [-0.1, -0.05) is 95.8 Å². The molecule has 0 N–H and O–H groups in total. The largest absolute Gasteiger partial charge is 0.463 e. The Kier molecular flexibility index (Phi) is 13.5. The number of carbonyl (C=O) groups excluding carboxylic acids is 1. The van der Waals surface area contributed by atoms with Crippen LogP contribution in [0.1, 0.15) is 96.8 Å². The predicted octanol–water partition coefficient (Wildman–Crippen LogP) is 6.75. The summed E-state index contributed by atoms with van der Waals surface area (Å²) < 4.78 is 5.21. The van der Waals surface area contributed by atoms with E-state index in [0.717, 1.165) is 18.8 Å². The topological polar surface area (TPSA) is 26.3 Å². The maximum atomic E-state index is 11.5. The quantitative estimate of drug-likeness (QED) is 0.135. The molecule has 0 bridgehead atoms. The van der Waals surface area contributed by atoms with Crippen molar-refractivity contribution < 1.29 is 9.53 Å². The Morgan fingerprint density at radius 3 is 2.42 bits per heavy atom. The Labute approximate surface area is 149 Å². The summed E-state index contributed by atoms with van der Waals surface area (Å²) in [6.07, 6.45) is 25.6. The average molecular weight is 335 g/mol. The maximum Gasteiger partial charge on any atom is 0.330 e. The van der Waals surface area contributed by atoms with Crippen molar-refractivity contribution >= 4 is 5.97 Å². The van der Waals surface area contributed by atoms with Crippen molar-refractivity contribution in [2.75, 3.05) is 6.61 Å². The molecule has 1 rings (SSSR count). The lowest BCUT2D eigenvalue weighted by molar-refractivity contribution is -0.137. The fraction of sp³-hybridized carbons (Fsp3) is 0.773. The minimum atomic E-state index is -0.212. The summed E-state index contributed by atoms with van der Waals surface area (Å²) in [4.78, 5) is 11.5. The minimum absolute atomic E-state index is 0.212. The SMILES string of the molecule is CCCCCCCC=CC=CC(=O)OCCCCCCCC1CC1. The summed E-state index contributed by atoms with van der Waals surface area (Å²) in [6, 6.07) is 0. The van der Waals surface area contributed by atoms with Gasteiger partial charge in [-0.2, -0.15) is 0 Å². The second-order valence-corrected chi connectivity index (χ2v) is 7.16. The Bertz CT molecular complexity index is 353. The molecule has 0 heterocycles. The summed E-state index contributed by atoms with van der Waals surface area (Å²) in [6.45, 7) is 2.80. The number of unbranched alkanes of at least 4 members (excludes halogenated alkanes) is 9. The number of hydrogen-bond donors (Lipinski definition) is 0. The van der Waals surface area contributed by atoms with Gasteiger partial charge in [-0.05, 0) is 25.2 Å². The number of esters is 1. The van der Waals surface area contributed by atoms with Crippen molar-refractivity contribution in [2.24, 2.45) is 5.92 Å². The van der Waals surface area contributed by atoms with Crippen LogP contribution in [-0.2, 0) is 9.53 Å². The zero-order valence-electron chi connectivity index (χ0n) is 15.8. The van der Waals surface area contributed by atoms with Gasteiger partial charge >= 0.3 is 5.97 Å². The van der Waals surface area contributed by atoms with E-state index < -0.39 is 0 Å². The third-order valence-corrected chi connectivity index (χ3v) is 4.65. The van der Waals surface area contributed by atoms with Gasteiger partial charge in [0.2, 0.25) is 0 Å². The number of hydrogen-bond acceptors (Lipinski definition) is 2. The molecule has 138 valence electrons. The fourth-order valence-corrected chi connectivity index (χ4v) is 2.87. The van der Waals surface area contributed by atoms with Gasteiger partial charge in [0.15, 0.2) is 0 Å². The van der Waals surface area contributed by atoms with Gasteiger partial charge < -0.3 is 4.74 Å². The van der Waals surface area contributed by atoms with Crippen LogP contribution in [0, 0.1) is 5.92 Å². The lowest BCUT2D eigenvalue weighted by atomic mass is 10.1. The van der Waals surface area contributed by atoms with E-state index in [-0.39, 0.29) is 5.97 Å². The van der Waals surface area contributed by atoms with Crippen molar-refractivity contribution in [2.45, 2.75) is 96.8 Å². The first-order valence-electron chi connectivity index (χ1n) is 10.3. The van der Waals surface area contributed by atoms with Crippen LogP contribution in [0.25, 0.3) is 0 Å². The molecular weight excluding hydrogens is 296 g/mol. The highest BCUT2D eigenvalue weighted by Gasteiger charge is 2.19. The molecule has 0 radical (unpaired) electrons. The van der Waals surface area contributed by atoms with Gasteiger partial charge in [-0.25, -0.2) is 4.79 Å². The molecule has 1 saturated carbocycles. The van der Waals surface area contributed by atoms with Crippen LogP contribution in [-0.4, -0.2) is 12.6 Å². The van der Waals surface area contributed by atoms with Crippen LogP contribution in [0.5, 0.6) is 0 Å². The van der Waals surface area contributed by atoms with Crippen LogP contribution in [0.4, 0.5) is 0 Å². The van der Waals surface area contributed by atoms with Gasteiger partial charge in [0.05, 0.1) is 6.61 Å². The Balaban J connectivity index is 1.82. The lowest BCUT2D eigenvalue weighted by Gasteiger charge is -2.02. The predicted molar refractivity (Wildman–Crippen MR) is 103 cm³/mol. The summed E-state index contributed by atoms with van der Waals surface area (Å²) in [5.41, 5.74) is 0. The molecular formula is C22H38O2. The van der Waals surface area contributed by atoms with E-state index in [0.29, 0.717) is 6.61 Å². The summed E-state index contributed by atoms with van der Waals surface area (Å²) in [7, 11) is 0. The highest BCUT2D eigenvalue weighted by Crippen LogP contribution is 2.34. The first-order valence-corrected chi connectivity index (χ1v) is 10.3. The van der Waals surface area contributed by atoms with Crippen molar-refractivity contribution in [1.29, 1.82) is 0 Å². The van der Waals surface area contributed by atoms with Crippen molar-refractivity contribution in [1.82, 2.24) is 0 Å². The third-order valence-electron chi connectivity index (χ3n) is 4.65. The number of ether oxygens (including phenoxy) is 1. The molecule has 0 aromatic heterocycles. The zero-order chi connectivity index (χ0) is 17.3. The standard InChI is InChI=1S/C22H38O2/c1-2-3-4-5-6-7-8-11-14-17-22(23)24-20-15-12-9-10-13-16-21-18-19-21/h8,11,14,17,21H,2-7,9-10,12-13,15-16,18-20H2,1H3. The molecule has 1 aliphatic rings. The molecule has 0 aromatic rings. The molecule has 1 aliphatic carbocycles. The van der Waals surface area contributed by atoms with Gasteiger partial charge in [0.1, 0.15) is 0 Å². The molecule has 2 nitrogen and oxygen atoms in total. The molecule has 2 heteroatoms. The van der Waals surface area contributed by atoms with Crippen LogP contribution < -0.4 is 0 Å². The Morgan fingerprint density at radius 2 is 1.62 bits per heavy atom. The molecule has 0 unspecified atom stereocenters. The van der Waals surface area contributed by atoms with E-state index in [9.17, 15) is 4.79 Å². The smallest absolute Gasteiger partial charge is 0.330 e. The third kappa shape index (κ3) is 14.5. The summed E-state index contributed by atoms with van der Waals surface area (Å²) in [5.74, 6) is 0.851. The zero-order valence-corrected chi connectivity index (χ0v) is 15.8. The van der Waals surface area contributed by atoms with E-state index >= 15 is 0 Å². The van der Waals surface area contributed by atoms with E-state index in [1.165, 1.54) is 83.1 Å². The van der Waals surface area contributed by atoms with Gasteiger partial charge in [0, 0.05) is 6.08 Å². The van der Waals surface area contributed by atoms with Crippen molar-refractivity contribution in [3.05, 3.63) is 24.3 Å². The lowest BCUT2D eigenvalue weighted by Crippen LogP contribution is -2.02. The first kappa shape index (κ1) is 21.0. The van der Waals surface area contributed by atoms with Crippen molar-refractivity contribution in [3.63, 3.8) is 0 Å². The Hall–Kier alpha value is -1.05. The number of allylic oxidation sites excluding steroid dienone is 3. The monoisotopic (exact) mass is 334 g/mol. The average Bonchev–Trinajstić information content (AvgIpc) is 3.40. The molecule has 0 amide bonds. The second-order valence-electron chi connectivity index (χ2n) is 7.16. The maximum absolute atomic E-state index is 11.5. The van der Waals surface area contributed by atoms with E-state index in [1.54, 1.807) is 6.08 Å². The van der Waals surface area contributed by atoms with E-state index in [1.807, 2.05) is 6.08 Å². The van der Waals surface area contributed by atoms with Gasteiger partial charge in [-0.15, -0.1) is 0 Å². The van der Waals surface area contributed by atoms with Crippen LogP contribution >= 0.6 is 0 Å². The summed E-state index contributed by atoms with van der Waals surface area (Å²) >= 11 is 0. The van der Waals surface area contributed by atoms with Gasteiger partial charge in [0.25, 0.3) is 0 Å². The molecule has 0 aromatic carbocycles. The minimum Gasteiger partial charge on any atom is -0.463 e. The van der Waals surface area contributed by atoms with E-state index in [2.05, 4.69) is 13.0 Å². The fourth-order valence-electron chi connectivity index (χ4n) is 2.87. The number of carbonyl (C=O) groups is 1. The Morgan fingerprint density at radius 1 is 0.917 bits per heavy atom. The molecule has 1 fully saturated rings. The first-order chi connectivity index (χ1) is 11.8. The molecule has 0 atom stereocenters. The van der Waals surface area contributed by atoms with Gasteiger partial charge in [-0.3, -0.25) is 0 Å². The number of rotatable bonds is 16. The van der Waals surface area contributed by atoms with Crippen LogP contribution in [0.2, 0.25) is 0 Å².